The average molecular weight is 243 g/mol. The van der Waals surface area contributed by atoms with E-state index in [9.17, 15) is 4.79 Å². The Labute approximate surface area is 96.3 Å². The number of nitrogens with one attached hydrogen (secondary N) is 1. The lowest BCUT2D eigenvalue weighted by atomic mass is 10.2. The fourth-order valence-corrected chi connectivity index (χ4v) is 1.69. The molecule has 0 atom stereocenters. The predicted molar refractivity (Wildman–Crippen MR) is 60.6 cm³/mol. The van der Waals surface area contributed by atoms with Crippen LogP contribution in [0.3, 0.4) is 0 Å². The third-order valence-corrected chi connectivity index (χ3v) is 2.67. The minimum atomic E-state index is -0.161. The van der Waals surface area contributed by atoms with Gasteiger partial charge in [0.2, 0.25) is 0 Å². The van der Waals surface area contributed by atoms with Crippen LogP contribution in [0.25, 0.3) is 0 Å². The maximum absolute atomic E-state index is 11.3. The van der Waals surface area contributed by atoms with Crippen LogP contribution in [0.2, 0.25) is 10.0 Å². The summed E-state index contributed by atoms with van der Waals surface area (Å²) >= 11 is 11.8. The Hall–Kier alpha value is -1.19. The van der Waals surface area contributed by atoms with Gasteiger partial charge in [0.15, 0.2) is 0 Å². The number of benzene rings is 1. The molecule has 0 bridgehead atoms. The van der Waals surface area contributed by atoms with Crippen LogP contribution in [0.4, 0.5) is 0 Å². The van der Waals surface area contributed by atoms with E-state index in [1.165, 1.54) is 4.57 Å². The molecule has 1 aromatic carbocycles. The van der Waals surface area contributed by atoms with Crippen molar-refractivity contribution in [2.24, 2.45) is 0 Å². The molecule has 5 heteroatoms. The lowest BCUT2D eigenvalue weighted by Gasteiger charge is -2.04. The van der Waals surface area contributed by atoms with Gasteiger partial charge in [0.1, 0.15) is 0 Å². The molecule has 0 aliphatic carbocycles. The van der Waals surface area contributed by atoms with E-state index in [1.807, 2.05) is 0 Å². The number of imidazole rings is 1. The van der Waals surface area contributed by atoms with Gasteiger partial charge in [-0.25, -0.2) is 4.79 Å². The van der Waals surface area contributed by atoms with Crippen LogP contribution in [0.1, 0.15) is 5.56 Å². The molecule has 0 spiro atoms. The maximum Gasteiger partial charge on any atom is 0.325 e. The summed E-state index contributed by atoms with van der Waals surface area (Å²) in [7, 11) is 0. The zero-order valence-electron chi connectivity index (χ0n) is 7.71. The van der Waals surface area contributed by atoms with Crippen LogP contribution in [0.15, 0.2) is 35.4 Å². The van der Waals surface area contributed by atoms with Gasteiger partial charge < -0.3 is 4.98 Å². The van der Waals surface area contributed by atoms with E-state index < -0.39 is 0 Å². The van der Waals surface area contributed by atoms with Crippen LogP contribution in [-0.2, 0) is 6.54 Å². The highest BCUT2D eigenvalue weighted by Crippen LogP contribution is 2.20. The number of hydrogen-bond acceptors (Lipinski definition) is 1. The van der Waals surface area contributed by atoms with E-state index in [1.54, 1.807) is 30.6 Å². The quantitative estimate of drug-likeness (QED) is 0.864. The van der Waals surface area contributed by atoms with Crippen LogP contribution < -0.4 is 5.69 Å². The van der Waals surface area contributed by atoms with Gasteiger partial charge in [-0.15, -0.1) is 0 Å². The number of aromatic amines is 1. The van der Waals surface area contributed by atoms with Crippen LogP contribution in [0, 0.1) is 0 Å². The first-order chi connectivity index (χ1) is 7.16. The summed E-state index contributed by atoms with van der Waals surface area (Å²) in [6.45, 7) is 0.418. The van der Waals surface area contributed by atoms with Crippen molar-refractivity contribution in [3.8, 4) is 0 Å². The van der Waals surface area contributed by atoms with Crippen LogP contribution in [0.5, 0.6) is 0 Å². The lowest BCUT2D eigenvalue weighted by Crippen LogP contribution is -2.16. The van der Waals surface area contributed by atoms with Gasteiger partial charge in [-0.05, 0) is 23.8 Å². The van der Waals surface area contributed by atoms with E-state index >= 15 is 0 Å². The highest BCUT2D eigenvalue weighted by molar-refractivity contribution is 6.33. The standard InChI is InChI=1S/C10H8Cl2N2O/c11-8-1-2-9(12)7(5-8)6-14-4-3-13-10(14)15/h1-5H,6H2,(H,13,15). The van der Waals surface area contributed by atoms with Gasteiger partial charge >= 0.3 is 5.69 Å². The summed E-state index contributed by atoms with van der Waals surface area (Å²) in [6.07, 6.45) is 3.25. The van der Waals surface area contributed by atoms with E-state index in [2.05, 4.69) is 4.98 Å². The molecule has 3 nitrogen and oxygen atoms in total. The molecule has 0 aliphatic heterocycles. The van der Waals surface area contributed by atoms with Gasteiger partial charge in [-0.2, -0.15) is 0 Å². The number of aromatic nitrogens is 2. The van der Waals surface area contributed by atoms with E-state index in [0.29, 0.717) is 16.6 Å². The molecule has 1 heterocycles. The second-order valence-electron chi connectivity index (χ2n) is 3.13. The van der Waals surface area contributed by atoms with Crippen molar-refractivity contribution in [1.82, 2.24) is 9.55 Å². The van der Waals surface area contributed by atoms with Crippen molar-refractivity contribution in [3.05, 3.63) is 56.7 Å². The minimum absolute atomic E-state index is 0.161. The first kappa shape index (κ1) is 10.3. The summed E-state index contributed by atoms with van der Waals surface area (Å²) in [5.74, 6) is 0. The maximum atomic E-state index is 11.3. The molecule has 1 N–H and O–H groups in total. The molecule has 2 rings (SSSR count). The van der Waals surface area contributed by atoms with E-state index in [0.717, 1.165) is 5.56 Å². The molecule has 78 valence electrons. The Bertz CT molecular complexity index is 530. The Kier molecular flexibility index (Phi) is 2.84. The predicted octanol–water partition coefficient (Wildman–Crippen LogP) is 2.53. The summed E-state index contributed by atoms with van der Waals surface area (Å²) in [5.41, 5.74) is 0.664. The fourth-order valence-electron chi connectivity index (χ4n) is 1.32. The Balaban J connectivity index is 2.36. The molecule has 1 aromatic heterocycles. The SMILES string of the molecule is O=c1[nH]ccn1Cc1cc(Cl)ccc1Cl. The van der Waals surface area contributed by atoms with Crippen molar-refractivity contribution in [3.63, 3.8) is 0 Å². The van der Waals surface area contributed by atoms with Crippen molar-refractivity contribution in [2.45, 2.75) is 6.54 Å². The summed E-state index contributed by atoms with van der Waals surface area (Å²) in [4.78, 5) is 13.8. The Morgan fingerprint density at radius 3 is 2.80 bits per heavy atom. The van der Waals surface area contributed by atoms with Gasteiger partial charge in [-0.3, -0.25) is 4.57 Å². The molecule has 0 saturated heterocycles. The van der Waals surface area contributed by atoms with Crippen molar-refractivity contribution < 1.29 is 0 Å². The third kappa shape index (κ3) is 2.25. The zero-order valence-corrected chi connectivity index (χ0v) is 9.22. The summed E-state index contributed by atoms with van der Waals surface area (Å²) < 4.78 is 1.53. The molecular weight excluding hydrogens is 235 g/mol. The minimum Gasteiger partial charge on any atom is -0.313 e. The molecular formula is C10H8Cl2N2O. The highest BCUT2D eigenvalue weighted by Gasteiger charge is 2.03. The molecule has 15 heavy (non-hydrogen) atoms. The average Bonchev–Trinajstić information content (AvgIpc) is 2.58. The van der Waals surface area contributed by atoms with Crippen LogP contribution in [-0.4, -0.2) is 9.55 Å². The molecule has 0 saturated carbocycles. The normalized spacial score (nSPS) is 10.5. The monoisotopic (exact) mass is 242 g/mol. The lowest BCUT2D eigenvalue weighted by molar-refractivity contribution is 0.762. The smallest absolute Gasteiger partial charge is 0.313 e. The first-order valence-corrected chi connectivity index (χ1v) is 5.10. The summed E-state index contributed by atoms with van der Waals surface area (Å²) in [6, 6.07) is 5.19. The molecule has 0 amide bonds. The molecule has 0 aliphatic rings. The van der Waals surface area contributed by atoms with E-state index in [-0.39, 0.29) is 5.69 Å². The number of rotatable bonds is 2. The van der Waals surface area contributed by atoms with Crippen molar-refractivity contribution in [1.29, 1.82) is 0 Å². The Morgan fingerprint density at radius 1 is 1.33 bits per heavy atom. The molecule has 2 aromatic rings. The van der Waals surface area contributed by atoms with Gasteiger partial charge in [0.25, 0.3) is 0 Å². The van der Waals surface area contributed by atoms with Crippen molar-refractivity contribution >= 4 is 23.2 Å². The number of halogens is 2. The number of nitrogens with zero attached hydrogens (tertiary/aromatic N) is 1. The number of H-pyrrole nitrogens is 1. The topological polar surface area (TPSA) is 37.8 Å². The largest absolute Gasteiger partial charge is 0.325 e. The second kappa shape index (κ2) is 4.13. The van der Waals surface area contributed by atoms with E-state index in [4.69, 9.17) is 23.2 Å². The molecule has 0 radical (unpaired) electrons. The van der Waals surface area contributed by atoms with Gasteiger partial charge in [0, 0.05) is 22.4 Å². The van der Waals surface area contributed by atoms with Crippen LogP contribution >= 0.6 is 23.2 Å². The fraction of sp³-hybridized carbons (Fsp3) is 0.100. The second-order valence-corrected chi connectivity index (χ2v) is 3.97. The third-order valence-electron chi connectivity index (χ3n) is 2.07. The number of hydrogen-bond donors (Lipinski definition) is 1. The molecule has 0 unspecified atom stereocenters. The van der Waals surface area contributed by atoms with Crippen molar-refractivity contribution in [2.75, 3.05) is 0 Å². The summed E-state index contributed by atoms with van der Waals surface area (Å²) in [5, 5.41) is 1.21. The zero-order chi connectivity index (χ0) is 10.8. The molecule has 0 fully saturated rings. The highest BCUT2D eigenvalue weighted by atomic mass is 35.5. The Morgan fingerprint density at radius 2 is 2.13 bits per heavy atom. The first-order valence-electron chi connectivity index (χ1n) is 4.34. The van der Waals surface area contributed by atoms with Gasteiger partial charge in [-0.1, -0.05) is 23.2 Å². The van der Waals surface area contributed by atoms with Gasteiger partial charge in [0.05, 0.1) is 6.54 Å².